The van der Waals surface area contributed by atoms with Crippen LogP contribution in [0.15, 0.2) is 54.6 Å². The zero-order valence-corrected chi connectivity index (χ0v) is 18.6. The second-order valence-electron chi connectivity index (χ2n) is 7.80. The van der Waals surface area contributed by atoms with Gasteiger partial charge in [-0.2, -0.15) is 0 Å². The maximum absolute atomic E-state index is 14.5. The second-order valence-corrected chi connectivity index (χ2v) is 8.88. The summed E-state index contributed by atoms with van der Waals surface area (Å²) in [4.78, 5) is 7.36. The van der Waals surface area contributed by atoms with Gasteiger partial charge in [-0.3, -0.25) is 0 Å². The Labute approximate surface area is 186 Å². The zero-order chi connectivity index (χ0) is 20.0. The average molecular weight is 440 g/mol. The van der Waals surface area contributed by atoms with Crippen LogP contribution in [0.4, 0.5) is 4.39 Å². The lowest BCUT2D eigenvalue weighted by molar-refractivity contribution is 0.415. The minimum Gasteiger partial charge on any atom is -0.497 e. The van der Waals surface area contributed by atoms with Crippen molar-refractivity contribution >= 4 is 34.0 Å². The summed E-state index contributed by atoms with van der Waals surface area (Å²) >= 11 is 1.78. The molecule has 1 unspecified atom stereocenters. The van der Waals surface area contributed by atoms with Crippen LogP contribution in [-0.4, -0.2) is 12.1 Å². The number of hydrogen-bond donors (Lipinski definition) is 0. The van der Waals surface area contributed by atoms with E-state index in [-0.39, 0.29) is 18.2 Å². The molecule has 1 atom stereocenters. The molecule has 2 nitrogen and oxygen atoms in total. The molecule has 4 aromatic rings. The fraction of sp³-hybridized carbons (Fsp3) is 0.240. The van der Waals surface area contributed by atoms with E-state index in [0.29, 0.717) is 17.2 Å². The molecule has 30 heavy (non-hydrogen) atoms. The minimum atomic E-state index is -0.241. The van der Waals surface area contributed by atoms with E-state index in [1.807, 2.05) is 24.3 Å². The smallest absolute Gasteiger partial charge is 0.132 e. The Balaban J connectivity index is 0.00000218. The number of thiophene rings is 1. The summed E-state index contributed by atoms with van der Waals surface area (Å²) in [7, 11) is 1.67. The van der Waals surface area contributed by atoms with Gasteiger partial charge < -0.3 is 4.74 Å². The average Bonchev–Trinajstić information content (AvgIpc) is 3.10. The Morgan fingerprint density at radius 3 is 2.57 bits per heavy atom. The summed E-state index contributed by atoms with van der Waals surface area (Å²) in [5.41, 5.74) is 4.90. The van der Waals surface area contributed by atoms with Gasteiger partial charge in [-0.25, -0.2) is 9.37 Å². The van der Waals surface area contributed by atoms with E-state index in [0.717, 1.165) is 34.5 Å². The monoisotopic (exact) mass is 439 g/mol. The molecular formula is C25H23ClFNOS. The molecule has 0 radical (unpaired) electrons. The van der Waals surface area contributed by atoms with Gasteiger partial charge in [0.05, 0.1) is 12.8 Å². The molecule has 0 spiro atoms. The third kappa shape index (κ3) is 3.59. The van der Waals surface area contributed by atoms with Crippen LogP contribution in [0.5, 0.6) is 5.75 Å². The molecule has 0 aliphatic heterocycles. The summed E-state index contributed by atoms with van der Waals surface area (Å²) < 4.78 is 19.9. The standard InChI is InChI=1S/C25H22FNOS.ClH/c1-15-7-12-19-23(13-15)29-25-24(19)20(16-8-10-17(28-2)11-9-16)14-22(27-25)18-5-3-4-6-21(18)26;/h3-6,8-11,14-15H,7,12-13H2,1-2H3;1H. The van der Waals surface area contributed by atoms with Crippen LogP contribution in [0.1, 0.15) is 23.8 Å². The lowest BCUT2D eigenvalue weighted by Gasteiger charge is -2.18. The van der Waals surface area contributed by atoms with E-state index in [9.17, 15) is 4.39 Å². The molecule has 154 valence electrons. The van der Waals surface area contributed by atoms with E-state index < -0.39 is 0 Å². The quantitative estimate of drug-likeness (QED) is 0.333. The molecule has 2 heterocycles. The fourth-order valence-corrected chi connectivity index (χ4v) is 5.66. The molecule has 5 rings (SSSR count). The number of rotatable bonds is 3. The van der Waals surface area contributed by atoms with Crippen molar-refractivity contribution < 1.29 is 9.13 Å². The van der Waals surface area contributed by atoms with Crippen LogP contribution in [0.25, 0.3) is 32.6 Å². The van der Waals surface area contributed by atoms with Crippen molar-refractivity contribution in [3.05, 3.63) is 70.9 Å². The number of hydrogen-bond acceptors (Lipinski definition) is 3. The van der Waals surface area contributed by atoms with E-state index >= 15 is 0 Å². The lowest BCUT2D eigenvalue weighted by atomic mass is 9.87. The van der Waals surface area contributed by atoms with Gasteiger partial charge in [-0.15, -0.1) is 23.7 Å². The zero-order valence-electron chi connectivity index (χ0n) is 16.9. The molecular weight excluding hydrogens is 417 g/mol. The maximum atomic E-state index is 14.5. The first kappa shape index (κ1) is 20.8. The third-order valence-corrected chi connectivity index (χ3v) is 6.96. The summed E-state index contributed by atoms with van der Waals surface area (Å²) in [6, 6.07) is 17.0. The molecule has 0 fully saturated rings. The molecule has 0 saturated heterocycles. The van der Waals surface area contributed by atoms with E-state index in [1.54, 1.807) is 30.6 Å². The van der Waals surface area contributed by atoms with Gasteiger partial charge >= 0.3 is 0 Å². The molecule has 0 saturated carbocycles. The van der Waals surface area contributed by atoms with E-state index in [4.69, 9.17) is 9.72 Å². The Morgan fingerprint density at radius 2 is 1.83 bits per heavy atom. The fourth-order valence-electron chi connectivity index (χ4n) is 4.25. The molecule has 2 aromatic heterocycles. The number of fused-ring (bicyclic) bond motifs is 3. The molecule has 1 aliphatic carbocycles. The first-order chi connectivity index (χ1) is 14.1. The van der Waals surface area contributed by atoms with Crippen molar-refractivity contribution in [1.82, 2.24) is 4.98 Å². The molecule has 0 amide bonds. The van der Waals surface area contributed by atoms with E-state index in [1.165, 1.54) is 28.3 Å². The number of nitrogens with zero attached hydrogens (tertiary/aromatic N) is 1. The normalized spacial score (nSPS) is 15.5. The number of pyridine rings is 1. The Hall–Kier alpha value is -2.43. The first-order valence-electron chi connectivity index (χ1n) is 9.98. The molecule has 1 aliphatic rings. The van der Waals surface area contributed by atoms with Crippen molar-refractivity contribution in [3.63, 3.8) is 0 Å². The molecule has 2 aromatic carbocycles. The lowest BCUT2D eigenvalue weighted by Crippen LogP contribution is -2.08. The summed E-state index contributed by atoms with van der Waals surface area (Å²) in [6.45, 7) is 2.32. The number of aromatic nitrogens is 1. The first-order valence-corrected chi connectivity index (χ1v) is 10.8. The van der Waals surface area contributed by atoms with Gasteiger partial charge in [0.15, 0.2) is 0 Å². The van der Waals surface area contributed by atoms with Gasteiger partial charge in [0.25, 0.3) is 0 Å². The summed E-state index contributed by atoms with van der Waals surface area (Å²) in [5.74, 6) is 1.29. The Kier molecular flexibility index (Phi) is 5.81. The van der Waals surface area contributed by atoms with Gasteiger partial charge in [-0.05, 0) is 72.2 Å². The highest BCUT2D eigenvalue weighted by Gasteiger charge is 2.24. The van der Waals surface area contributed by atoms with Crippen LogP contribution in [0.2, 0.25) is 0 Å². The van der Waals surface area contributed by atoms with Gasteiger partial charge in [0.1, 0.15) is 16.4 Å². The predicted molar refractivity (Wildman–Crippen MR) is 125 cm³/mol. The number of aryl methyl sites for hydroxylation is 1. The van der Waals surface area contributed by atoms with Crippen LogP contribution in [0, 0.1) is 11.7 Å². The number of halogens is 2. The SMILES string of the molecule is COc1ccc(-c2cc(-c3ccccc3F)nc3sc4c(c23)CCC(C)C4)cc1.Cl. The summed E-state index contributed by atoms with van der Waals surface area (Å²) in [5, 5.41) is 1.24. The topological polar surface area (TPSA) is 22.1 Å². The van der Waals surface area contributed by atoms with E-state index in [2.05, 4.69) is 19.1 Å². The Morgan fingerprint density at radius 1 is 1.07 bits per heavy atom. The van der Waals surface area contributed by atoms with Gasteiger partial charge in [0.2, 0.25) is 0 Å². The largest absolute Gasteiger partial charge is 0.497 e. The van der Waals surface area contributed by atoms with Crippen LogP contribution >= 0.6 is 23.7 Å². The van der Waals surface area contributed by atoms with Crippen LogP contribution in [-0.2, 0) is 12.8 Å². The highest BCUT2D eigenvalue weighted by molar-refractivity contribution is 7.19. The van der Waals surface area contributed by atoms with Crippen molar-refractivity contribution in [3.8, 4) is 28.1 Å². The number of benzene rings is 2. The highest BCUT2D eigenvalue weighted by Crippen LogP contribution is 2.43. The summed E-state index contributed by atoms with van der Waals surface area (Å²) in [6.07, 6.45) is 3.39. The molecule has 5 heteroatoms. The van der Waals surface area contributed by atoms with Crippen LogP contribution in [0.3, 0.4) is 0 Å². The predicted octanol–water partition coefficient (Wildman–Crippen LogP) is 7.32. The second kappa shape index (κ2) is 8.37. The van der Waals surface area contributed by atoms with Crippen molar-refractivity contribution in [2.24, 2.45) is 5.92 Å². The molecule has 0 bridgehead atoms. The van der Waals surface area contributed by atoms with Crippen molar-refractivity contribution in [2.45, 2.75) is 26.2 Å². The molecule has 0 N–H and O–H groups in total. The minimum absolute atomic E-state index is 0. The van der Waals surface area contributed by atoms with Crippen molar-refractivity contribution in [1.29, 1.82) is 0 Å². The van der Waals surface area contributed by atoms with Gasteiger partial charge in [-0.1, -0.05) is 31.2 Å². The van der Waals surface area contributed by atoms with Crippen molar-refractivity contribution in [2.75, 3.05) is 7.11 Å². The number of methoxy groups -OCH3 is 1. The maximum Gasteiger partial charge on any atom is 0.132 e. The van der Waals surface area contributed by atoms with Gasteiger partial charge in [0, 0.05) is 15.8 Å². The highest BCUT2D eigenvalue weighted by atomic mass is 35.5. The number of ether oxygens (including phenoxy) is 1. The van der Waals surface area contributed by atoms with Crippen LogP contribution < -0.4 is 4.74 Å². The third-order valence-electron chi connectivity index (χ3n) is 5.82. The Bertz CT molecular complexity index is 1200.